The lowest BCUT2D eigenvalue weighted by atomic mass is 10.1. The Morgan fingerprint density at radius 2 is 2.33 bits per heavy atom. The van der Waals surface area contributed by atoms with Gasteiger partial charge in [-0.05, 0) is 31.0 Å². The van der Waals surface area contributed by atoms with E-state index < -0.39 is 0 Å². The van der Waals surface area contributed by atoms with Crippen LogP contribution in [0, 0.1) is 11.3 Å². The molecule has 0 saturated carbocycles. The second kappa shape index (κ2) is 4.34. The molecule has 4 heteroatoms. The molecule has 92 valence electrons. The first-order valence-electron chi connectivity index (χ1n) is 6.34. The number of nitrogens with one attached hydrogen (secondary N) is 1. The molecule has 0 bridgehead atoms. The molecule has 0 radical (unpaired) electrons. The van der Waals surface area contributed by atoms with E-state index in [9.17, 15) is 4.79 Å². The van der Waals surface area contributed by atoms with Crippen LogP contribution in [-0.4, -0.2) is 29.4 Å². The standard InChI is InChI=1S/C14H15N3O/c15-9-10-3-1-4-11(7-10)16-12-8-14(18)17-6-2-5-13(12)17/h1,3-4,7,12-13,16H,2,5-6,8H2. The summed E-state index contributed by atoms with van der Waals surface area (Å²) in [5.74, 6) is 0.256. The maximum atomic E-state index is 11.8. The fourth-order valence-electron chi connectivity index (χ4n) is 3.00. The number of amides is 1. The van der Waals surface area contributed by atoms with Gasteiger partial charge in [0.25, 0.3) is 0 Å². The highest BCUT2D eigenvalue weighted by molar-refractivity contribution is 5.81. The molecular weight excluding hydrogens is 226 g/mol. The van der Waals surface area contributed by atoms with Crippen LogP contribution < -0.4 is 5.32 Å². The zero-order chi connectivity index (χ0) is 12.5. The van der Waals surface area contributed by atoms with Crippen molar-refractivity contribution in [3.63, 3.8) is 0 Å². The molecule has 1 N–H and O–H groups in total. The minimum Gasteiger partial charge on any atom is -0.380 e. The van der Waals surface area contributed by atoms with E-state index in [4.69, 9.17) is 5.26 Å². The number of nitriles is 1. The van der Waals surface area contributed by atoms with Crippen LogP contribution in [-0.2, 0) is 4.79 Å². The molecule has 2 heterocycles. The molecule has 1 amide bonds. The first kappa shape index (κ1) is 11.1. The third-order valence-electron chi connectivity index (χ3n) is 3.82. The maximum Gasteiger partial charge on any atom is 0.225 e. The quantitative estimate of drug-likeness (QED) is 0.858. The number of carbonyl (C=O) groups excluding carboxylic acids is 1. The lowest BCUT2D eigenvalue weighted by Crippen LogP contribution is -2.34. The molecule has 4 nitrogen and oxygen atoms in total. The summed E-state index contributed by atoms with van der Waals surface area (Å²) in [6, 6.07) is 10.1. The summed E-state index contributed by atoms with van der Waals surface area (Å²) in [4.78, 5) is 13.8. The summed E-state index contributed by atoms with van der Waals surface area (Å²) >= 11 is 0. The van der Waals surface area contributed by atoms with E-state index in [-0.39, 0.29) is 11.9 Å². The number of hydrogen-bond acceptors (Lipinski definition) is 3. The summed E-state index contributed by atoms with van der Waals surface area (Å²) in [5.41, 5.74) is 1.58. The van der Waals surface area contributed by atoms with Gasteiger partial charge in [-0.3, -0.25) is 4.79 Å². The average molecular weight is 241 g/mol. The van der Waals surface area contributed by atoms with Crippen LogP contribution >= 0.6 is 0 Å². The first-order valence-corrected chi connectivity index (χ1v) is 6.34. The molecule has 18 heavy (non-hydrogen) atoms. The number of nitrogens with zero attached hydrogens (tertiary/aromatic N) is 2. The first-order chi connectivity index (χ1) is 8.78. The minimum atomic E-state index is 0.189. The molecule has 2 saturated heterocycles. The Labute approximate surface area is 106 Å². The van der Waals surface area contributed by atoms with Crippen LogP contribution in [0.5, 0.6) is 0 Å². The number of hydrogen-bond donors (Lipinski definition) is 1. The van der Waals surface area contributed by atoms with Gasteiger partial charge in [0, 0.05) is 18.7 Å². The Morgan fingerprint density at radius 3 is 3.17 bits per heavy atom. The summed E-state index contributed by atoms with van der Waals surface area (Å²) in [5, 5.41) is 12.3. The van der Waals surface area contributed by atoms with Gasteiger partial charge in [-0.1, -0.05) is 6.07 Å². The third-order valence-corrected chi connectivity index (χ3v) is 3.82. The molecule has 0 aromatic heterocycles. The molecule has 2 aliphatic heterocycles. The fraction of sp³-hybridized carbons (Fsp3) is 0.429. The summed E-state index contributed by atoms with van der Waals surface area (Å²) < 4.78 is 0. The summed E-state index contributed by atoms with van der Waals surface area (Å²) in [6.07, 6.45) is 2.76. The second-order valence-electron chi connectivity index (χ2n) is 4.94. The van der Waals surface area contributed by atoms with Crippen molar-refractivity contribution < 1.29 is 4.79 Å². The van der Waals surface area contributed by atoms with Gasteiger partial charge in [-0.25, -0.2) is 0 Å². The topological polar surface area (TPSA) is 56.1 Å². The van der Waals surface area contributed by atoms with Crippen LogP contribution in [0.15, 0.2) is 24.3 Å². The zero-order valence-corrected chi connectivity index (χ0v) is 10.1. The van der Waals surface area contributed by atoms with Crippen molar-refractivity contribution >= 4 is 11.6 Å². The highest BCUT2D eigenvalue weighted by Crippen LogP contribution is 2.31. The Hall–Kier alpha value is -2.02. The van der Waals surface area contributed by atoms with E-state index in [2.05, 4.69) is 11.4 Å². The Kier molecular flexibility index (Phi) is 2.67. The van der Waals surface area contributed by atoms with Crippen LogP contribution in [0.2, 0.25) is 0 Å². The van der Waals surface area contributed by atoms with Crippen molar-refractivity contribution in [1.82, 2.24) is 4.90 Å². The highest BCUT2D eigenvalue weighted by atomic mass is 16.2. The van der Waals surface area contributed by atoms with Crippen LogP contribution in [0.3, 0.4) is 0 Å². The van der Waals surface area contributed by atoms with E-state index in [0.717, 1.165) is 25.1 Å². The van der Waals surface area contributed by atoms with Gasteiger partial charge >= 0.3 is 0 Å². The Bertz CT molecular complexity index is 520. The number of fused-ring (bicyclic) bond motifs is 1. The third kappa shape index (κ3) is 1.82. The van der Waals surface area contributed by atoms with E-state index >= 15 is 0 Å². The molecular formula is C14H15N3O. The monoisotopic (exact) mass is 241 g/mol. The second-order valence-corrected chi connectivity index (χ2v) is 4.94. The van der Waals surface area contributed by atoms with Crippen LogP contribution in [0.1, 0.15) is 24.8 Å². The van der Waals surface area contributed by atoms with Crippen molar-refractivity contribution in [2.24, 2.45) is 0 Å². The Balaban J connectivity index is 1.77. The van der Waals surface area contributed by atoms with Gasteiger partial charge in [0.2, 0.25) is 5.91 Å². The average Bonchev–Trinajstić information content (AvgIpc) is 2.96. The van der Waals surface area contributed by atoms with Crippen LogP contribution in [0.25, 0.3) is 0 Å². The number of anilines is 1. The smallest absolute Gasteiger partial charge is 0.225 e. The molecule has 3 rings (SSSR count). The van der Waals surface area contributed by atoms with Crippen molar-refractivity contribution in [2.75, 3.05) is 11.9 Å². The molecule has 2 fully saturated rings. The molecule has 2 aliphatic rings. The minimum absolute atomic E-state index is 0.189. The van der Waals surface area contributed by atoms with E-state index in [1.807, 2.05) is 23.1 Å². The zero-order valence-electron chi connectivity index (χ0n) is 10.1. The van der Waals surface area contributed by atoms with Gasteiger partial charge in [0.05, 0.1) is 23.7 Å². The van der Waals surface area contributed by atoms with Crippen molar-refractivity contribution in [1.29, 1.82) is 5.26 Å². The van der Waals surface area contributed by atoms with Crippen LogP contribution in [0.4, 0.5) is 5.69 Å². The molecule has 1 aromatic carbocycles. The van der Waals surface area contributed by atoms with Crippen molar-refractivity contribution in [2.45, 2.75) is 31.3 Å². The molecule has 0 aliphatic carbocycles. The van der Waals surface area contributed by atoms with E-state index in [0.29, 0.717) is 18.0 Å². The largest absolute Gasteiger partial charge is 0.380 e. The van der Waals surface area contributed by atoms with Crippen molar-refractivity contribution in [3.05, 3.63) is 29.8 Å². The summed E-state index contributed by atoms with van der Waals surface area (Å²) in [7, 11) is 0. The number of benzene rings is 1. The Morgan fingerprint density at radius 1 is 1.44 bits per heavy atom. The van der Waals surface area contributed by atoms with Gasteiger partial charge < -0.3 is 10.2 Å². The van der Waals surface area contributed by atoms with Gasteiger partial charge in [0.15, 0.2) is 0 Å². The van der Waals surface area contributed by atoms with E-state index in [1.54, 1.807) is 6.07 Å². The predicted octanol–water partition coefficient (Wildman–Crippen LogP) is 1.73. The summed E-state index contributed by atoms with van der Waals surface area (Å²) in [6.45, 7) is 0.903. The van der Waals surface area contributed by atoms with Gasteiger partial charge in [0.1, 0.15) is 0 Å². The number of carbonyl (C=O) groups is 1. The number of rotatable bonds is 2. The lowest BCUT2D eigenvalue weighted by molar-refractivity contribution is -0.127. The molecule has 2 atom stereocenters. The van der Waals surface area contributed by atoms with E-state index in [1.165, 1.54) is 0 Å². The predicted molar refractivity (Wildman–Crippen MR) is 67.9 cm³/mol. The molecule has 2 unspecified atom stereocenters. The molecule has 0 spiro atoms. The van der Waals surface area contributed by atoms with Gasteiger partial charge in [-0.2, -0.15) is 5.26 Å². The van der Waals surface area contributed by atoms with Gasteiger partial charge in [-0.15, -0.1) is 0 Å². The fourth-order valence-corrected chi connectivity index (χ4v) is 3.00. The maximum absolute atomic E-state index is 11.8. The molecule has 1 aromatic rings. The normalized spacial score (nSPS) is 25.9. The SMILES string of the molecule is N#Cc1cccc(NC2CC(=O)N3CCCC23)c1. The van der Waals surface area contributed by atoms with Crippen molar-refractivity contribution in [3.8, 4) is 6.07 Å². The lowest BCUT2D eigenvalue weighted by Gasteiger charge is -2.21. The highest BCUT2D eigenvalue weighted by Gasteiger charge is 2.42.